The van der Waals surface area contributed by atoms with E-state index in [1.54, 1.807) is 36.2 Å². The minimum absolute atomic E-state index is 0.121. The van der Waals surface area contributed by atoms with E-state index in [0.717, 1.165) is 36.2 Å². The average Bonchev–Trinajstić information content (AvgIpc) is 2.70. The van der Waals surface area contributed by atoms with E-state index in [1.807, 2.05) is 24.3 Å². The van der Waals surface area contributed by atoms with Gasteiger partial charge < -0.3 is 15.1 Å². The second kappa shape index (κ2) is 9.67. The number of hydrogen-bond acceptors (Lipinski definition) is 5. The fourth-order valence-electron chi connectivity index (χ4n) is 3.06. The van der Waals surface area contributed by atoms with Gasteiger partial charge in [0.15, 0.2) is 5.82 Å². The Kier molecular flexibility index (Phi) is 7.01. The number of aromatic nitrogens is 2. The van der Waals surface area contributed by atoms with Crippen LogP contribution in [0.3, 0.4) is 0 Å². The zero-order valence-electron chi connectivity index (χ0n) is 17.0. The first-order valence-electron chi connectivity index (χ1n) is 9.59. The Balaban J connectivity index is 1.78. The number of halogens is 1. The third kappa shape index (κ3) is 5.65. The Labute approximate surface area is 176 Å². The van der Waals surface area contributed by atoms with Crippen LogP contribution in [0, 0.1) is 0 Å². The lowest BCUT2D eigenvalue weighted by Crippen LogP contribution is -2.27. The number of hydrogen-bond donors (Lipinski definition) is 1. The van der Waals surface area contributed by atoms with Crippen LogP contribution in [0.1, 0.15) is 22.6 Å². The van der Waals surface area contributed by atoms with Crippen molar-refractivity contribution < 1.29 is 4.79 Å². The first-order valence-corrected chi connectivity index (χ1v) is 9.97. The van der Waals surface area contributed by atoms with E-state index in [4.69, 9.17) is 16.6 Å². The monoisotopic (exact) mass is 411 g/mol. The molecule has 1 amide bonds. The molecule has 0 aliphatic carbocycles. The Morgan fingerprint density at radius 1 is 1.07 bits per heavy atom. The van der Waals surface area contributed by atoms with Crippen molar-refractivity contribution in [2.24, 2.45) is 0 Å². The van der Waals surface area contributed by atoms with Crippen molar-refractivity contribution in [3.05, 3.63) is 64.9 Å². The second-order valence-corrected chi connectivity index (χ2v) is 7.70. The molecule has 1 heterocycles. The average molecular weight is 412 g/mol. The topological polar surface area (TPSA) is 61.4 Å². The van der Waals surface area contributed by atoms with Crippen LogP contribution >= 0.6 is 11.6 Å². The second-order valence-electron chi connectivity index (χ2n) is 7.26. The molecule has 29 heavy (non-hydrogen) atoms. The molecule has 1 aromatic heterocycles. The van der Waals surface area contributed by atoms with Gasteiger partial charge in [0.25, 0.3) is 5.91 Å². The van der Waals surface area contributed by atoms with Crippen LogP contribution in [-0.2, 0) is 6.54 Å². The standard InChI is InChI=1S/C22H26ClN5O/c1-27(2)13-7-12-24-21-18-10-4-5-11-19(18)25-20(26-21)15-28(3)22(29)16-8-6-9-17(23)14-16/h4-6,8-11,14H,7,12-13,15H2,1-3H3,(H,24,25,26). The Morgan fingerprint density at radius 3 is 2.62 bits per heavy atom. The molecule has 0 spiro atoms. The van der Waals surface area contributed by atoms with Crippen LogP contribution in [0.2, 0.25) is 5.02 Å². The number of nitrogens with zero attached hydrogens (tertiary/aromatic N) is 4. The molecule has 0 atom stereocenters. The van der Waals surface area contributed by atoms with E-state index in [9.17, 15) is 4.79 Å². The summed E-state index contributed by atoms with van der Waals surface area (Å²) >= 11 is 6.01. The number of para-hydroxylation sites is 1. The maximum atomic E-state index is 12.7. The van der Waals surface area contributed by atoms with Gasteiger partial charge in [0.2, 0.25) is 0 Å². The van der Waals surface area contributed by atoms with Crippen LogP contribution in [0.15, 0.2) is 48.5 Å². The minimum atomic E-state index is -0.121. The maximum Gasteiger partial charge on any atom is 0.254 e. The Bertz CT molecular complexity index is 992. The lowest BCUT2D eigenvalue weighted by atomic mass is 10.2. The highest BCUT2D eigenvalue weighted by molar-refractivity contribution is 6.30. The fourth-order valence-corrected chi connectivity index (χ4v) is 3.25. The predicted octanol–water partition coefficient (Wildman–Crippen LogP) is 3.92. The molecule has 0 saturated heterocycles. The van der Waals surface area contributed by atoms with Gasteiger partial charge in [-0.1, -0.05) is 29.8 Å². The first-order chi connectivity index (χ1) is 13.9. The van der Waals surface area contributed by atoms with E-state index in [0.29, 0.717) is 23.0 Å². The molecule has 152 valence electrons. The molecule has 0 bridgehead atoms. The van der Waals surface area contributed by atoms with E-state index < -0.39 is 0 Å². The number of anilines is 1. The van der Waals surface area contributed by atoms with E-state index >= 15 is 0 Å². The molecule has 3 rings (SSSR count). The molecule has 7 heteroatoms. The highest BCUT2D eigenvalue weighted by Gasteiger charge is 2.15. The van der Waals surface area contributed by atoms with Crippen molar-refractivity contribution in [3.63, 3.8) is 0 Å². The van der Waals surface area contributed by atoms with E-state index in [-0.39, 0.29) is 5.91 Å². The first kappa shape index (κ1) is 21.0. The summed E-state index contributed by atoms with van der Waals surface area (Å²) in [5.41, 5.74) is 1.40. The molecule has 0 unspecified atom stereocenters. The molecule has 6 nitrogen and oxygen atoms in total. The number of benzene rings is 2. The summed E-state index contributed by atoms with van der Waals surface area (Å²) in [7, 11) is 5.86. The van der Waals surface area contributed by atoms with Crippen molar-refractivity contribution in [1.29, 1.82) is 0 Å². The van der Waals surface area contributed by atoms with Crippen LogP contribution < -0.4 is 5.32 Å². The Hall–Kier alpha value is -2.70. The molecular weight excluding hydrogens is 386 g/mol. The van der Waals surface area contributed by atoms with Gasteiger partial charge in [0, 0.05) is 29.6 Å². The molecule has 0 aliphatic heterocycles. The smallest absolute Gasteiger partial charge is 0.254 e. The fraction of sp³-hybridized carbons (Fsp3) is 0.318. The van der Waals surface area contributed by atoms with E-state index in [2.05, 4.69) is 29.3 Å². The highest BCUT2D eigenvalue weighted by atomic mass is 35.5. The molecule has 3 aromatic rings. The van der Waals surface area contributed by atoms with Gasteiger partial charge in [-0.2, -0.15) is 0 Å². The summed E-state index contributed by atoms with van der Waals surface area (Å²) in [6.45, 7) is 2.12. The molecular formula is C22H26ClN5O. The molecule has 0 fully saturated rings. The van der Waals surface area contributed by atoms with Crippen molar-refractivity contribution in [2.45, 2.75) is 13.0 Å². The molecule has 0 radical (unpaired) electrons. The quantitative estimate of drug-likeness (QED) is 0.569. The van der Waals surface area contributed by atoms with Crippen molar-refractivity contribution in [3.8, 4) is 0 Å². The van der Waals surface area contributed by atoms with Crippen LogP contribution in [0.5, 0.6) is 0 Å². The van der Waals surface area contributed by atoms with Crippen LogP contribution in [-0.4, -0.2) is 59.9 Å². The summed E-state index contributed by atoms with van der Waals surface area (Å²) in [6.07, 6.45) is 1.01. The zero-order chi connectivity index (χ0) is 20.8. The van der Waals surface area contributed by atoms with Crippen LogP contribution in [0.25, 0.3) is 10.9 Å². The normalized spacial score (nSPS) is 11.1. The largest absolute Gasteiger partial charge is 0.369 e. The van der Waals surface area contributed by atoms with Gasteiger partial charge in [0.1, 0.15) is 5.82 Å². The van der Waals surface area contributed by atoms with Crippen molar-refractivity contribution in [2.75, 3.05) is 39.5 Å². The van der Waals surface area contributed by atoms with Crippen LogP contribution in [0.4, 0.5) is 5.82 Å². The summed E-state index contributed by atoms with van der Waals surface area (Å²) in [4.78, 5) is 25.8. The SMILES string of the molecule is CN(C)CCCNc1nc(CN(C)C(=O)c2cccc(Cl)c2)nc2ccccc12. The van der Waals surface area contributed by atoms with Gasteiger partial charge in [-0.15, -0.1) is 0 Å². The lowest BCUT2D eigenvalue weighted by molar-refractivity contribution is 0.0781. The van der Waals surface area contributed by atoms with Gasteiger partial charge in [0.05, 0.1) is 12.1 Å². The summed E-state index contributed by atoms with van der Waals surface area (Å²) in [5, 5.41) is 4.94. The third-order valence-corrected chi connectivity index (χ3v) is 4.76. The molecule has 0 saturated carbocycles. The number of rotatable bonds is 8. The van der Waals surface area contributed by atoms with Gasteiger partial charge >= 0.3 is 0 Å². The highest BCUT2D eigenvalue weighted by Crippen LogP contribution is 2.21. The lowest BCUT2D eigenvalue weighted by Gasteiger charge is -2.18. The van der Waals surface area contributed by atoms with Gasteiger partial charge in [-0.05, 0) is 57.4 Å². The summed E-state index contributed by atoms with van der Waals surface area (Å²) < 4.78 is 0. The summed E-state index contributed by atoms with van der Waals surface area (Å²) in [5.74, 6) is 1.27. The number of fused-ring (bicyclic) bond motifs is 1. The van der Waals surface area contributed by atoms with E-state index in [1.165, 1.54) is 0 Å². The van der Waals surface area contributed by atoms with Crippen molar-refractivity contribution in [1.82, 2.24) is 19.8 Å². The molecule has 2 aromatic carbocycles. The Morgan fingerprint density at radius 2 is 1.86 bits per heavy atom. The number of carbonyl (C=O) groups is 1. The minimum Gasteiger partial charge on any atom is -0.369 e. The molecule has 1 N–H and O–H groups in total. The summed E-state index contributed by atoms with van der Waals surface area (Å²) in [6, 6.07) is 14.8. The number of nitrogens with one attached hydrogen (secondary N) is 1. The maximum absolute atomic E-state index is 12.7. The molecule has 0 aliphatic rings. The third-order valence-electron chi connectivity index (χ3n) is 4.52. The van der Waals surface area contributed by atoms with Crippen molar-refractivity contribution >= 4 is 34.2 Å². The number of amides is 1. The predicted molar refractivity (Wildman–Crippen MR) is 118 cm³/mol. The zero-order valence-corrected chi connectivity index (χ0v) is 17.8. The van der Waals surface area contributed by atoms with Gasteiger partial charge in [-0.3, -0.25) is 4.79 Å². The van der Waals surface area contributed by atoms with Gasteiger partial charge in [-0.25, -0.2) is 9.97 Å². The number of carbonyl (C=O) groups excluding carboxylic acids is 1.